The van der Waals surface area contributed by atoms with Crippen LogP contribution >= 0.6 is 0 Å². The van der Waals surface area contributed by atoms with E-state index in [1.165, 1.54) is 225 Å². The lowest BCUT2D eigenvalue weighted by molar-refractivity contribution is -0.0326. The van der Waals surface area contributed by atoms with E-state index in [0.717, 1.165) is 95.4 Å². The quantitative estimate of drug-likeness (QED) is 0.0900. The summed E-state index contributed by atoms with van der Waals surface area (Å²) in [7, 11) is 3.94. The SMILES string of the molecule is CCCCCCCCC1(CCCCCCCC)C2CC(C)CCC2C2CCC(C3CCC(N(C4CCC(OC)CC4)C4CCC(C5CCC(N(C6CCC(C)CC6)C6CCC(OC)CC6)CC5)CC4)CC3)CC21. The second kappa shape index (κ2) is 28.8. The summed E-state index contributed by atoms with van der Waals surface area (Å²) in [6, 6.07) is 5.01. The fraction of sp³-hybridized carbons (Fsp3) is 1.00. The second-order valence-electron chi connectivity index (χ2n) is 29.1. The number of ether oxygens (including phenoxy) is 2. The van der Waals surface area contributed by atoms with Gasteiger partial charge in [-0.1, -0.05) is 111 Å². The number of unbranched alkanes of at least 4 members (excludes halogenated alkanes) is 10. The van der Waals surface area contributed by atoms with Crippen LogP contribution in [-0.2, 0) is 9.47 Å². The molecule has 4 nitrogen and oxygen atoms in total. The Labute approximate surface area is 454 Å². The van der Waals surface area contributed by atoms with Crippen molar-refractivity contribution in [3.63, 3.8) is 0 Å². The highest BCUT2D eigenvalue weighted by molar-refractivity contribution is 5.10. The molecule has 0 aromatic rings. The van der Waals surface area contributed by atoms with Crippen molar-refractivity contribution in [2.24, 2.45) is 64.6 Å². The molecule has 0 aromatic carbocycles. The van der Waals surface area contributed by atoms with Crippen LogP contribution < -0.4 is 0 Å². The first-order chi connectivity index (χ1) is 35.8. The predicted molar refractivity (Wildman–Crippen MR) is 311 cm³/mol. The topological polar surface area (TPSA) is 24.9 Å². The molecule has 9 aliphatic rings. The molecule has 9 rings (SSSR count). The van der Waals surface area contributed by atoms with E-state index in [9.17, 15) is 0 Å². The van der Waals surface area contributed by atoms with Crippen molar-refractivity contribution in [2.75, 3.05) is 14.2 Å². The van der Waals surface area contributed by atoms with Crippen molar-refractivity contribution in [1.82, 2.24) is 9.80 Å². The maximum atomic E-state index is 6.01. The molecular weight excluding hydrogens is 889 g/mol. The summed E-state index contributed by atoms with van der Waals surface area (Å²) in [6.45, 7) is 9.96. The Morgan fingerprint density at radius 2 is 0.644 bits per heavy atom. The molecule has 0 heterocycles. The predicted octanol–water partition coefficient (Wildman–Crippen LogP) is 19.3. The number of methoxy groups -OCH3 is 2. The molecule has 9 aliphatic carbocycles. The molecule has 9 fully saturated rings. The third kappa shape index (κ3) is 14.4. The van der Waals surface area contributed by atoms with Gasteiger partial charge in [-0.15, -0.1) is 0 Å². The third-order valence-electron chi connectivity index (χ3n) is 25.2. The summed E-state index contributed by atoms with van der Waals surface area (Å²) in [5.74, 6) is 10.2. The van der Waals surface area contributed by atoms with Crippen molar-refractivity contribution >= 4 is 0 Å². The first-order valence-electron chi connectivity index (χ1n) is 34.4. The summed E-state index contributed by atoms with van der Waals surface area (Å²) in [6.07, 6.45) is 66.1. The molecule has 0 N–H and O–H groups in total. The zero-order valence-electron chi connectivity index (χ0n) is 49.7. The number of fused-ring (bicyclic) bond motifs is 3. The lowest BCUT2D eigenvalue weighted by Crippen LogP contribution is -2.54. The van der Waals surface area contributed by atoms with E-state index in [4.69, 9.17) is 9.47 Å². The lowest BCUT2D eigenvalue weighted by atomic mass is 9.57. The molecule has 4 heteroatoms. The molecular formula is C69H124N2O2. The van der Waals surface area contributed by atoms with Crippen molar-refractivity contribution in [3.8, 4) is 0 Å². The zero-order chi connectivity index (χ0) is 50.6. The smallest absolute Gasteiger partial charge is 0.0572 e. The number of hydrogen-bond donors (Lipinski definition) is 0. The average Bonchev–Trinajstić information content (AvgIpc) is 3.70. The van der Waals surface area contributed by atoms with E-state index in [1.807, 2.05) is 14.2 Å². The van der Waals surface area contributed by atoms with E-state index in [1.54, 1.807) is 57.8 Å². The van der Waals surface area contributed by atoms with E-state index in [-0.39, 0.29) is 0 Å². The molecule has 0 spiro atoms. The molecule has 422 valence electrons. The van der Waals surface area contributed by atoms with Gasteiger partial charge in [0, 0.05) is 50.5 Å². The van der Waals surface area contributed by atoms with Crippen molar-refractivity contribution in [1.29, 1.82) is 0 Å². The minimum atomic E-state index is 0.504. The molecule has 0 amide bonds. The Bertz CT molecular complexity index is 1490. The van der Waals surface area contributed by atoms with E-state index in [0.29, 0.717) is 17.6 Å². The van der Waals surface area contributed by atoms with Crippen LogP contribution in [0.15, 0.2) is 0 Å². The maximum Gasteiger partial charge on any atom is 0.0572 e. The van der Waals surface area contributed by atoms with Crippen LogP contribution in [-0.4, -0.2) is 72.5 Å². The standard InChI is InChI=1S/C69H124N2O2/c1-7-9-11-13-15-17-47-69(48-18-16-14-12-10-8-2)67-49-52(4)21-45-65(67)66-46-28-56(50-68(66)69)55-26-35-60(36-27-55)71(62-39-43-64(73-6)44-40-62)59-33-24-54(25-34-59)53-22-31-58(32-23-53)70(57-29-19-51(3)20-30-57)61-37-41-63(72-5)42-38-61/h51-68H,7-50H2,1-6H3. The van der Waals surface area contributed by atoms with Gasteiger partial charge in [0.1, 0.15) is 0 Å². The highest BCUT2D eigenvalue weighted by atomic mass is 16.5. The Kier molecular flexibility index (Phi) is 22.7. The fourth-order valence-electron chi connectivity index (χ4n) is 21.1. The van der Waals surface area contributed by atoms with Crippen LogP contribution in [0.25, 0.3) is 0 Å². The summed E-state index contributed by atoms with van der Waals surface area (Å²) in [4.78, 5) is 6.51. The van der Waals surface area contributed by atoms with E-state index in [2.05, 4.69) is 37.5 Å². The Balaban J connectivity index is 0.818. The Morgan fingerprint density at radius 1 is 0.329 bits per heavy atom. The van der Waals surface area contributed by atoms with Gasteiger partial charge in [0.2, 0.25) is 0 Å². The van der Waals surface area contributed by atoms with Gasteiger partial charge in [0.05, 0.1) is 12.2 Å². The van der Waals surface area contributed by atoms with Crippen molar-refractivity contribution < 1.29 is 9.47 Å². The largest absolute Gasteiger partial charge is 0.381 e. The molecule has 0 aliphatic heterocycles. The van der Waals surface area contributed by atoms with Gasteiger partial charge in [-0.05, 0) is 264 Å². The van der Waals surface area contributed by atoms with Gasteiger partial charge in [0.15, 0.2) is 0 Å². The van der Waals surface area contributed by atoms with Gasteiger partial charge in [-0.3, -0.25) is 9.80 Å². The molecule has 9 saturated carbocycles. The van der Waals surface area contributed by atoms with Gasteiger partial charge < -0.3 is 9.47 Å². The first kappa shape index (κ1) is 57.5. The summed E-state index contributed by atoms with van der Waals surface area (Å²) < 4.78 is 11.9. The van der Waals surface area contributed by atoms with Gasteiger partial charge in [-0.25, -0.2) is 0 Å². The third-order valence-corrected chi connectivity index (χ3v) is 25.2. The summed E-state index contributed by atoms with van der Waals surface area (Å²) in [5.41, 5.74) is 0.670. The minimum Gasteiger partial charge on any atom is -0.381 e. The van der Waals surface area contributed by atoms with Crippen LogP contribution in [0.4, 0.5) is 0 Å². The highest BCUT2D eigenvalue weighted by Gasteiger charge is 2.61. The molecule has 6 atom stereocenters. The zero-order valence-corrected chi connectivity index (χ0v) is 49.7. The van der Waals surface area contributed by atoms with E-state index >= 15 is 0 Å². The average molecular weight is 1010 g/mol. The fourth-order valence-corrected chi connectivity index (χ4v) is 21.1. The van der Waals surface area contributed by atoms with Gasteiger partial charge in [0.25, 0.3) is 0 Å². The molecule has 0 saturated heterocycles. The lowest BCUT2D eigenvalue weighted by Gasteiger charge is -2.52. The normalized spacial score (nSPS) is 41.4. The van der Waals surface area contributed by atoms with Crippen LogP contribution in [0.3, 0.4) is 0 Å². The monoisotopic (exact) mass is 1010 g/mol. The molecule has 0 radical (unpaired) electrons. The van der Waals surface area contributed by atoms with Gasteiger partial charge in [-0.2, -0.15) is 0 Å². The first-order valence-corrected chi connectivity index (χ1v) is 34.4. The van der Waals surface area contributed by atoms with Crippen molar-refractivity contribution in [3.05, 3.63) is 0 Å². The minimum absolute atomic E-state index is 0.504. The molecule has 0 bridgehead atoms. The highest BCUT2D eigenvalue weighted by Crippen LogP contribution is 2.68. The summed E-state index contributed by atoms with van der Waals surface area (Å²) in [5, 5.41) is 0. The summed E-state index contributed by atoms with van der Waals surface area (Å²) >= 11 is 0. The van der Waals surface area contributed by atoms with Gasteiger partial charge >= 0.3 is 0 Å². The number of nitrogens with zero attached hydrogens (tertiary/aromatic N) is 2. The molecule has 0 aromatic heterocycles. The van der Waals surface area contributed by atoms with Crippen LogP contribution in [0.2, 0.25) is 0 Å². The van der Waals surface area contributed by atoms with E-state index < -0.39 is 0 Å². The molecule has 6 unspecified atom stereocenters. The Hall–Kier alpha value is -0.160. The maximum absolute atomic E-state index is 6.01. The van der Waals surface area contributed by atoms with Crippen LogP contribution in [0.5, 0.6) is 0 Å². The Morgan fingerprint density at radius 3 is 1.05 bits per heavy atom. The van der Waals surface area contributed by atoms with Crippen LogP contribution in [0.1, 0.15) is 310 Å². The second-order valence-corrected chi connectivity index (χ2v) is 29.1. The van der Waals surface area contributed by atoms with Crippen LogP contribution in [0, 0.1) is 64.6 Å². The van der Waals surface area contributed by atoms with Crippen molar-refractivity contribution in [2.45, 2.75) is 359 Å². The number of hydrogen-bond acceptors (Lipinski definition) is 4. The number of rotatable bonds is 24. The molecule has 73 heavy (non-hydrogen) atoms.